The fraction of sp³-hybridized carbons (Fsp3) is 0.923. The standard InChI is InChI=1S/C26H50O4/c1-4-6-8-9-12-15-19-23-29-25(27)21-17-13-10-11-14-18-22-26(28)30-24(3)20-16-7-5-2/h24H,4-23H2,1-3H3. The van der Waals surface area contributed by atoms with Crippen LogP contribution < -0.4 is 0 Å². The number of unbranched alkanes of at least 4 members (excludes halogenated alkanes) is 13. The Morgan fingerprint density at radius 3 is 1.67 bits per heavy atom. The number of carbonyl (C=O) groups excluding carboxylic acids is 2. The molecule has 4 nitrogen and oxygen atoms in total. The van der Waals surface area contributed by atoms with Gasteiger partial charge in [0.1, 0.15) is 0 Å². The number of rotatable bonds is 22. The van der Waals surface area contributed by atoms with Crippen molar-refractivity contribution in [3.8, 4) is 0 Å². The molecule has 4 heteroatoms. The first kappa shape index (κ1) is 28.9. The predicted molar refractivity (Wildman–Crippen MR) is 126 cm³/mol. The summed E-state index contributed by atoms with van der Waals surface area (Å²) in [6.45, 7) is 6.99. The fourth-order valence-corrected chi connectivity index (χ4v) is 3.59. The van der Waals surface area contributed by atoms with E-state index in [4.69, 9.17) is 9.47 Å². The van der Waals surface area contributed by atoms with Gasteiger partial charge in [0.15, 0.2) is 0 Å². The van der Waals surface area contributed by atoms with Crippen LogP contribution in [-0.4, -0.2) is 24.6 Å². The van der Waals surface area contributed by atoms with Crippen molar-refractivity contribution in [1.29, 1.82) is 0 Å². The van der Waals surface area contributed by atoms with Crippen LogP contribution >= 0.6 is 0 Å². The van der Waals surface area contributed by atoms with Crippen molar-refractivity contribution in [3.63, 3.8) is 0 Å². The maximum absolute atomic E-state index is 11.8. The molecular formula is C26H50O4. The molecule has 0 saturated carbocycles. The van der Waals surface area contributed by atoms with Gasteiger partial charge in [0.25, 0.3) is 0 Å². The molecule has 0 aromatic carbocycles. The number of hydrogen-bond donors (Lipinski definition) is 0. The average molecular weight is 427 g/mol. The Morgan fingerprint density at radius 2 is 1.07 bits per heavy atom. The van der Waals surface area contributed by atoms with Crippen molar-refractivity contribution in [2.45, 2.75) is 149 Å². The number of ether oxygens (including phenoxy) is 2. The molecule has 0 aromatic rings. The molecule has 0 N–H and O–H groups in total. The average Bonchev–Trinajstić information content (AvgIpc) is 2.72. The van der Waals surface area contributed by atoms with E-state index in [9.17, 15) is 9.59 Å². The number of carbonyl (C=O) groups is 2. The molecule has 178 valence electrons. The van der Waals surface area contributed by atoms with Crippen LogP contribution in [-0.2, 0) is 19.1 Å². The van der Waals surface area contributed by atoms with Crippen LogP contribution in [0.15, 0.2) is 0 Å². The minimum atomic E-state index is -0.0531. The van der Waals surface area contributed by atoms with Crippen molar-refractivity contribution in [3.05, 3.63) is 0 Å². The monoisotopic (exact) mass is 426 g/mol. The maximum atomic E-state index is 11.8. The van der Waals surface area contributed by atoms with Gasteiger partial charge in [-0.25, -0.2) is 0 Å². The van der Waals surface area contributed by atoms with Gasteiger partial charge in [-0.3, -0.25) is 9.59 Å². The summed E-state index contributed by atoms with van der Waals surface area (Å²) in [5.74, 6) is -0.0977. The summed E-state index contributed by atoms with van der Waals surface area (Å²) in [5.41, 5.74) is 0. The number of esters is 2. The fourth-order valence-electron chi connectivity index (χ4n) is 3.59. The van der Waals surface area contributed by atoms with Crippen LogP contribution in [0.5, 0.6) is 0 Å². The van der Waals surface area contributed by atoms with Gasteiger partial charge < -0.3 is 9.47 Å². The predicted octanol–water partition coefficient (Wildman–Crippen LogP) is 7.91. The van der Waals surface area contributed by atoms with Crippen LogP contribution in [0.4, 0.5) is 0 Å². The molecule has 0 aliphatic rings. The maximum Gasteiger partial charge on any atom is 0.306 e. The summed E-state index contributed by atoms with van der Waals surface area (Å²) in [7, 11) is 0. The van der Waals surface area contributed by atoms with Crippen molar-refractivity contribution in [2.75, 3.05) is 6.61 Å². The summed E-state index contributed by atoms with van der Waals surface area (Å²) >= 11 is 0. The second kappa shape index (κ2) is 22.6. The van der Waals surface area contributed by atoms with E-state index in [-0.39, 0.29) is 18.0 Å². The van der Waals surface area contributed by atoms with Crippen molar-refractivity contribution >= 4 is 11.9 Å². The highest BCUT2D eigenvalue weighted by atomic mass is 16.5. The lowest BCUT2D eigenvalue weighted by Crippen LogP contribution is -2.14. The molecule has 30 heavy (non-hydrogen) atoms. The minimum Gasteiger partial charge on any atom is -0.466 e. The van der Waals surface area contributed by atoms with E-state index in [0.29, 0.717) is 19.4 Å². The summed E-state index contributed by atoms with van der Waals surface area (Å²) < 4.78 is 10.8. The molecule has 0 amide bonds. The lowest BCUT2D eigenvalue weighted by molar-refractivity contribution is -0.148. The first-order valence-electron chi connectivity index (χ1n) is 12.9. The molecule has 0 heterocycles. The van der Waals surface area contributed by atoms with Crippen molar-refractivity contribution in [2.24, 2.45) is 0 Å². The van der Waals surface area contributed by atoms with E-state index in [1.54, 1.807) is 0 Å². The van der Waals surface area contributed by atoms with E-state index in [2.05, 4.69) is 13.8 Å². The molecule has 0 spiro atoms. The third-order valence-electron chi connectivity index (χ3n) is 5.57. The molecule has 0 fully saturated rings. The quantitative estimate of drug-likeness (QED) is 0.130. The SMILES string of the molecule is CCCCCCCCCOC(=O)CCCCCCCCC(=O)OC(C)CCCCC. The van der Waals surface area contributed by atoms with Crippen molar-refractivity contribution in [1.82, 2.24) is 0 Å². The molecule has 0 aromatic heterocycles. The van der Waals surface area contributed by atoms with E-state index >= 15 is 0 Å². The molecular weight excluding hydrogens is 376 g/mol. The molecule has 0 aliphatic heterocycles. The minimum absolute atomic E-state index is 0.0446. The third-order valence-corrected chi connectivity index (χ3v) is 5.57. The van der Waals surface area contributed by atoms with E-state index in [1.165, 1.54) is 51.4 Å². The lowest BCUT2D eigenvalue weighted by Gasteiger charge is -2.12. The van der Waals surface area contributed by atoms with Crippen LogP contribution in [0, 0.1) is 0 Å². The highest BCUT2D eigenvalue weighted by Crippen LogP contribution is 2.12. The van der Waals surface area contributed by atoms with Gasteiger partial charge in [0.05, 0.1) is 12.7 Å². The Labute approximate surface area is 186 Å². The molecule has 0 rings (SSSR count). The van der Waals surface area contributed by atoms with Gasteiger partial charge in [-0.05, 0) is 39.0 Å². The van der Waals surface area contributed by atoms with E-state index in [0.717, 1.165) is 57.8 Å². The summed E-state index contributed by atoms with van der Waals surface area (Å²) in [6, 6.07) is 0. The Balaban J connectivity index is 3.34. The highest BCUT2D eigenvalue weighted by molar-refractivity contribution is 5.69. The molecule has 0 aliphatic carbocycles. The zero-order valence-electron chi connectivity index (χ0n) is 20.4. The van der Waals surface area contributed by atoms with Crippen molar-refractivity contribution < 1.29 is 19.1 Å². The molecule has 1 atom stereocenters. The number of hydrogen-bond acceptors (Lipinski definition) is 4. The van der Waals surface area contributed by atoms with E-state index < -0.39 is 0 Å². The second-order valence-electron chi connectivity index (χ2n) is 8.76. The lowest BCUT2D eigenvalue weighted by atomic mass is 10.1. The van der Waals surface area contributed by atoms with E-state index in [1.807, 2.05) is 6.92 Å². The zero-order chi connectivity index (χ0) is 22.3. The van der Waals surface area contributed by atoms with Gasteiger partial charge in [-0.2, -0.15) is 0 Å². The summed E-state index contributed by atoms with van der Waals surface area (Å²) in [5, 5.41) is 0. The first-order valence-corrected chi connectivity index (χ1v) is 12.9. The first-order chi connectivity index (χ1) is 14.6. The van der Waals surface area contributed by atoms with Gasteiger partial charge in [-0.1, -0.05) is 90.9 Å². The highest BCUT2D eigenvalue weighted by Gasteiger charge is 2.09. The normalized spacial score (nSPS) is 12.0. The van der Waals surface area contributed by atoms with Crippen LogP contribution in [0.25, 0.3) is 0 Å². The Hall–Kier alpha value is -1.06. The van der Waals surface area contributed by atoms with Gasteiger partial charge in [0, 0.05) is 12.8 Å². The van der Waals surface area contributed by atoms with Gasteiger partial charge >= 0.3 is 11.9 Å². The Bertz CT molecular complexity index is 394. The van der Waals surface area contributed by atoms with Crippen LogP contribution in [0.1, 0.15) is 143 Å². The summed E-state index contributed by atoms with van der Waals surface area (Å²) in [6.07, 6.45) is 20.5. The van der Waals surface area contributed by atoms with Crippen LogP contribution in [0.2, 0.25) is 0 Å². The van der Waals surface area contributed by atoms with Gasteiger partial charge in [-0.15, -0.1) is 0 Å². The smallest absolute Gasteiger partial charge is 0.306 e. The van der Waals surface area contributed by atoms with Crippen LogP contribution in [0.3, 0.4) is 0 Å². The Morgan fingerprint density at radius 1 is 0.600 bits per heavy atom. The third kappa shape index (κ3) is 21.6. The molecule has 0 saturated heterocycles. The second-order valence-corrected chi connectivity index (χ2v) is 8.76. The molecule has 1 unspecified atom stereocenters. The summed E-state index contributed by atoms with van der Waals surface area (Å²) in [4.78, 5) is 23.5. The largest absolute Gasteiger partial charge is 0.466 e. The molecule has 0 bridgehead atoms. The topological polar surface area (TPSA) is 52.6 Å². The zero-order valence-corrected chi connectivity index (χ0v) is 20.4. The molecule has 0 radical (unpaired) electrons. The van der Waals surface area contributed by atoms with Gasteiger partial charge in [0.2, 0.25) is 0 Å². The Kier molecular flexibility index (Phi) is 21.8.